The second-order valence-corrected chi connectivity index (χ2v) is 6.10. The number of hydrogen-bond donors (Lipinski definition) is 3. The minimum atomic E-state index is -0.491. The topological polar surface area (TPSA) is 79.5 Å². The lowest BCUT2D eigenvalue weighted by Crippen LogP contribution is -2.39. The number of thioether (sulfide) groups is 1. The van der Waals surface area contributed by atoms with Gasteiger partial charge in [-0.2, -0.15) is 0 Å². The van der Waals surface area contributed by atoms with Gasteiger partial charge in [-0.15, -0.1) is 11.8 Å². The van der Waals surface area contributed by atoms with Crippen LogP contribution in [-0.4, -0.2) is 31.8 Å². The van der Waals surface area contributed by atoms with E-state index in [0.717, 1.165) is 10.5 Å². The largest absolute Gasteiger partial charge is 0.495 e. The molecule has 0 unspecified atom stereocenters. The lowest BCUT2D eigenvalue weighted by molar-refractivity contribution is -0.115. The molecular formula is C18H20FN3O3S. The molecule has 0 bridgehead atoms. The van der Waals surface area contributed by atoms with E-state index in [1.165, 1.54) is 31.0 Å². The molecule has 0 aliphatic rings. The van der Waals surface area contributed by atoms with E-state index >= 15 is 0 Å². The number of halogens is 1. The highest BCUT2D eigenvalue weighted by Crippen LogP contribution is 2.33. The van der Waals surface area contributed by atoms with Crippen molar-refractivity contribution in [3.05, 3.63) is 53.8 Å². The third kappa shape index (κ3) is 5.66. The van der Waals surface area contributed by atoms with Gasteiger partial charge in [-0.05, 0) is 36.1 Å². The molecular weight excluding hydrogens is 357 g/mol. The van der Waals surface area contributed by atoms with Crippen molar-refractivity contribution in [3.8, 4) is 5.75 Å². The van der Waals surface area contributed by atoms with Crippen LogP contribution < -0.4 is 20.7 Å². The van der Waals surface area contributed by atoms with Gasteiger partial charge in [-0.1, -0.05) is 18.2 Å². The summed E-state index contributed by atoms with van der Waals surface area (Å²) in [6, 6.07) is 10.7. The zero-order valence-electron chi connectivity index (χ0n) is 14.5. The Kier molecular flexibility index (Phi) is 7.28. The normalized spacial score (nSPS) is 10.1. The first-order chi connectivity index (χ1) is 12.5. The number of hydrogen-bond acceptors (Lipinski definition) is 4. The van der Waals surface area contributed by atoms with Crippen LogP contribution in [0.5, 0.6) is 5.75 Å². The fourth-order valence-electron chi connectivity index (χ4n) is 2.17. The van der Waals surface area contributed by atoms with Crippen LogP contribution in [0.15, 0.2) is 47.4 Å². The summed E-state index contributed by atoms with van der Waals surface area (Å²) in [5, 5.41) is 7.82. The minimum absolute atomic E-state index is 0.193. The molecule has 0 saturated carbocycles. The van der Waals surface area contributed by atoms with Crippen molar-refractivity contribution in [3.63, 3.8) is 0 Å². The SMILES string of the molecule is COc1cccc(SC)c1NC(=O)CNC(=O)NCc1ccc(F)cc1. The number of amides is 3. The Bertz CT molecular complexity index is 747. The summed E-state index contributed by atoms with van der Waals surface area (Å²) in [6.07, 6.45) is 1.89. The van der Waals surface area contributed by atoms with Crippen molar-refractivity contribution >= 4 is 29.4 Å². The van der Waals surface area contributed by atoms with Crippen molar-refractivity contribution < 1.29 is 18.7 Å². The number of methoxy groups -OCH3 is 1. The number of urea groups is 1. The van der Waals surface area contributed by atoms with Crippen LogP contribution >= 0.6 is 11.8 Å². The fraction of sp³-hybridized carbons (Fsp3) is 0.222. The maximum absolute atomic E-state index is 12.8. The second-order valence-electron chi connectivity index (χ2n) is 5.25. The number of para-hydroxylation sites is 1. The molecule has 0 radical (unpaired) electrons. The fourth-order valence-corrected chi connectivity index (χ4v) is 2.74. The monoisotopic (exact) mass is 377 g/mol. The van der Waals surface area contributed by atoms with Crippen molar-refractivity contribution in [2.75, 3.05) is 25.2 Å². The van der Waals surface area contributed by atoms with E-state index in [0.29, 0.717) is 11.4 Å². The standard InChI is InChI=1S/C18H20FN3O3S/c1-25-14-4-3-5-15(26-2)17(14)22-16(23)11-21-18(24)20-10-12-6-8-13(19)9-7-12/h3-9H,10-11H2,1-2H3,(H,22,23)(H2,20,21,24). The third-order valence-corrected chi connectivity index (χ3v) is 4.25. The second kappa shape index (κ2) is 9.67. The molecule has 8 heteroatoms. The summed E-state index contributed by atoms with van der Waals surface area (Å²) in [7, 11) is 1.52. The number of anilines is 1. The molecule has 26 heavy (non-hydrogen) atoms. The average Bonchev–Trinajstić information content (AvgIpc) is 2.66. The van der Waals surface area contributed by atoms with Gasteiger partial charge in [-0.25, -0.2) is 9.18 Å². The number of nitrogens with one attached hydrogen (secondary N) is 3. The first-order valence-electron chi connectivity index (χ1n) is 7.80. The molecule has 0 aromatic heterocycles. The van der Waals surface area contributed by atoms with Crippen LogP contribution in [0.1, 0.15) is 5.56 Å². The molecule has 0 aliphatic heterocycles. The van der Waals surface area contributed by atoms with E-state index < -0.39 is 6.03 Å². The molecule has 0 heterocycles. The number of ether oxygens (including phenoxy) is 1. The third-order valence-electron chi connectivity index (χ3n) is 3.47. The smallest absolute Gasteiger partial charge is 0.315 e. The summed E-state index contributed by atoms with van der Waals surface area (Å²) < 4.78 is 18.1. The van der Waals surface area contributed by atoms with Crippen LogP contribution in [0.4, 0.5) is 14.9 Å². The van der Waals surface area contributed by atoms with Crippen molar-refractivity contribution in [2.45, 2.75) is 11.4 Å². The number of benzene rings is 2. The molecule has 6 nitrogen and oxygen atoms in total. The Balaban J connectivity index is 1.83. The Morgan fingerprint density at radius 1 is 1.12 bits per heavy atom. The van der Waals surface area contributed by atoms with E-state index in [1.54, 1.807) is 18.2 Å². The van der Waals surface area contributed by atoms with E-state index in [9.17, 15) is 14.0 Å². The maximum Gasteiger partial charge on any atom is 0.315 e. The van der Waals surface area contributed by atoms with Gasteiger partial charge >= 0.3 is 6.03 Å². The maximum atomic E-state index is 12.8. The Hall–Kier alpha value is -2.74. The van der Waals surface area contributed by atoms with Crippen LogP contribution in [0.2, 0.25) is 0 Å². The van der Waals surface area contributed by atoms with Crippen LogP contribution in [0.3, 0.4) is 0 Å². The summed E-state index contributed by atoms with van der Waals surface area (Å²) in [5.74, 6) is -0.163. The van der Waals surface area contributed by atoms with Gasteiger partial charge in [0, 0.05) is 11.4 Å². The van der Waals surface area contributed by atoms with Gasteiger partial charge in [-0.3, -0.25) is 4.79 Å². The van der Waals surface area contributed by atoms with Crippen LogP contribution in [0, 0.1) is 5.82 Å². The molecule has 0 atom stereocenters. The van der Waals surface area contributed by atoms with Crippen molar-refractivity contribution in [1.82, 2.24) is 10.6 Å². The van der Waals surface area contributed by atoms with Gasteiger partial charge < -0.3 is 20.7 Å². The Morgan fingerprint density at radius 3 is 2.50 bits per heavy atom. The Labute approximate surface area is 155 Å². The molecule has 0 spiro atoms. The highest BCUT2D eigenvalue weighted by Gasteiger charge is 2.12. The zero-order valence-corrected chi connectivity index (χ0v) is 15.3. The van der Waals surface area contributed by atoms with Gasteiger partial charge in [0.25, 0.3) is 0 Å². The van der Waals surface area contributed by atoms with Gasteiger partial charge in [0.1, 0.15) is 11.6 Å². The van der Waals surface area contributed by atoms with Gasteiger partial charge in [0.05, 0.1) is 19.3 Å². The lowest BCUT2D eigenvalue weighted by Gasteiger charge is -2.14. The highest BCUT2D eigenvalue weighted by molar-refractivity contribution is 7.98. The molecule has 3 N–H and O–H groups in total. The molecule has 2 aromatic carbocycles. The van der Waals surface area contributed by atoms with E-state index in [4.69, 9.17) is 4.74 Å². The van der Waals surface area contributed by atoms with Crippen molar-refractivity contribution in [2.24, 2.45) is 0 Å². The first kappa shape index (κ1) is 19.6. The van der Waals surface area contributed by atoms with E-state index in [1.807, 2.05) is 18.4 Å². The quantitative estimate of drug-likeness (QED) is 0.648. The van der Waals surface area contributed by atoms with Gasteiger partial charge in [0.2, 0.25) is 5.91 Å². The minimum Gasteiger partial charge on any atom is -0.495 e. The number of carbonyl (C=O) groups excluding carboxylic acids is 2. The van der Waals surface area contributed by atoms with E-state index in [2.05, 4.69) is 16.0 Å². The summed E-state index contributed by atoms with van der Waals surface area (Å²) >= 11 is 1.48. The molecule has 0 fully saturated rings. The zero-order chi connectivity index (χ0) is 18.9. The van der Waals surface area contributed by atoms with Crippen LogP contribution in [0.25, 0.3) is 0 Å². The predicted molar refractivity (Wildman–Crippen MR) is 100 cm³/mol. The molecule has 138 valence electrons. The average molecular weight is 377 g/mol. The van der Waals surface area contributed by atoms with E-state index in [-0.39, 0.29) is 24.8 Å². The molecule has 0 saturated heterocycles. The molecule has 3 amide bonds. The lowest BCUT2D eigenvalue weighted by atomic mass is 10.2. The summed E-state index contributed by atoms with van der Waals surface area (Å²) in [5.41, 5.74) is 1.32. The predicted octanol–water partition coefficient (Wildman–Crippen LogP) is 2.99. The highest BCUT2D eigenvalue weighted by atomic mass is 32.2. The molecule has 0 aliphatic carbocycles. The number of rotatable bonds is 7. The molecule has 2 rings (SSSR count). The number of carbonyl (C=O) groups is 2. The van der Waals surface area contributed by atoms with Crippen LogP contribution in [-0.2, 0) is 11.3 Å². The first-order valence-corrected chi connectivity index (χ1v) is 9.03. The summed E-state index contributed by atoms with van der Waals surface area (Å²) in [6.45, 7) is 0.0397. The van der Waals surface area contributed by atoms with Gasteiger partial charge in [0.15, 0.2) is 0 Å². The van der Waals surface area contributed by atoms with Crippen molar-refractivity contribution in [1.29, 1.82) is 0 Å². The summed E-state index contributed by atoms with van der Waals surface area (Å²) in [4.78, 5) is 24.7. The molecule has 2 aromatic rings. The Morgan fingerprint density at radius 2 is 1.85 bits per heavy atom.